The van der Waals surface area contributed by atoms with Crippen LogP contribution >= 0.6 is 11.6 Å². The molecule has 1 aliphatic rings. The lowest BCUT2D eigenvalue weighted by Gasteiger charge is -2.42. The molecule has 1 aromatic heterocycles. The Balaban J connectivity index is 1.87. The Morgan fingerprint density at radius 3 is 2.70 bits per heavy atom. The SMILES string of the molecule is C[C@@]1(CO)CC[C@@H](Cc2ccc(Cl)cc2)[C@@]1(O)Cn1cncn1. The van der Waals surface area contributed by atoms with Crippen LogP contribution in [0.1, 0.15) is 25.3 Å². The first-order valence-corrected chi connectivity index (χ1v) is 8.25. The van der Waals surface area contributed by atoms with Crippen LogP contribution in [0.5, 0.6) is 0 Å². The summed E-state index contributed by atoms with van der Waals surface area (Å²) in [7, 11) is 0. The van der Waals surface area contributed by atoms with Gasteiger partial charge in [-0.05, 0) is 42.9 Å². The number of hydrogen-bond donors (Lipinski definition) is 2. The molecule has 1 saturated carbocycles. The lowest BCUT2D eigenvalue weighted by atomic mass is 9.71. The van der Waals surface area contributed by atoms with E-state index in [1.54, 1.807) is 11.0 Å². The Bertz CT molecular complexity index is 646. The molecule has 1 aliphatic carbocycles. The first kappa shape index (κ1) is 16.4. The number of hydrogen-bond acceptors (Lipinski definition) is 4. The summed E-state index contributed by atoms with van der Waals surface area (Å²) in [5.41, 5.74) is -0.441. The average Bonchev–Trinajstić information content (AvgIpc) is 3.12. The highest BCUT2D eigenvalue weighted by atomic mass is 35.5. The summed E-state index contributed by atoms with van der Waals surface area (Å²) < 4.78 is 1.65. The largest absolute Gasteiger partial charge is 0.396 e. The molecule has 0 radical (unpaired) electrons. The third-order valence-corrected chi connectivity index (χ3v) is 5.63. The van der Waals surface area contributed by atoms with E-state index in [1.165, 1.54) is 6.33 Å². The van der Waals surface area contributed by atoms with Crippen molar-refractivity contribution in [1.29, 1.82) is 0 Å². The van der Waals surface area contributed by atoms with E-state index in [4.69, 9.17) is 11.6 Å². The van der Waals surface area contributed by atoms with E-state index in [1.807, 2.05) is 31.2 Å². The number of aromatic nitrogens is 3. The van der Waals surface area contributed by atoms with Crippen LogP contribution < -0.4 is 0 Å². The van der Waals surface area contributed by atoms with Crippen molar-refractivity contribution < 1.29 is 10.2 Å². The molecule has 1 fully saturated rings. The monoisotopic (exact) mass is 335 g/mol. The van der Waals surface area contributed by atoms with Gasteiger partial charge in [-0.3, -0.25) is 4.68 Å². The first-order chi connectivity index (χ1) is 11.0. The summed E-state index contributed by atoms with van der Waals surface area (Å²) in [6.45, 7) is 2.24. The molecule has 0 spiro atoms. The molecule has 0 unspecified atom stereocenters. The van der Waals surface area contributed by atoms with Crippen molar-refractivity contribution in [1.82, 2.24) is 14.8 Å². The maximum absolute atomic E-state index is 11.5. The highest BCUT2D eigenvalue weighted by molar-refractivity contribution is 6.30. The van der Waals surface area contributed by atoms with E-state index >= 15 is 0 Å². The fourth-order valence-corrected chi connectivity index (χ4v) is 3.84. The number of benzene rings is 1. The number of halogens is 1. The Kier molecular flexibility index (Phi) is 4.45. The van der Waals surface area contributed by atoms with Crippen molar-refractivity contribution in [2.45, 2.75) is 38.3 Å². The summed E-state index contributed by atoms with van der Waals surface area (Å²) in [5, 5.41) is 26.2. The molecule has 3 atom stereocenters. The van der Waals surface area contributed by atoms with Crippen molar-refractivity contribution in [2.24, 2.45) is 11.3 Å². The summed E-state index contributed by atoms with van der Waals surface area (Å²) in [6, 6.07) is 7.72. The maximum atomic E-state index is 11.5. The standard InChI is InChI=1S/C17H22ClN3O2/c1-16(10-22)7-6-14(8-13-2-4-15(18)5-3-13)17(16,23)9-21-12-19-11-20-21/h2-5,11-12,14,22-23H,6-10H2,1H3/t14-,16-,17-/m0/s1. The Morgan fingerprint density at radius 1 is 1.35 bits per heavy atom. The highest BCUT2D eigenvalue weighted by Gasteiger charge is 2.56. The van der Waals surface area contributed by atoms with E-state index in [2.05, 4.69) is 10.1 Å². The van der Waals surface area contributed by atoms with Gasteiger partial charge in [0.1, 0.15) is 12.7 Å². The minimum Gasteiger partial charge on any atom is -0.396 e. The predicted molar refractivity (Wildman–Crippen MR) is 88.0 cm³/mol. The molecule has 1 heterocycles. The molecular formula is C17H22ClN3O2. The van der Waals surface area contributed by atoms with Crippen molar-refractivity contribution in [2.75, 3.05) is 6.61 Å². The van der Waals surface area contributed by atoms with Gasteiger partial charge in [-0.25, -0.2) is 4.98 Å². The second kappa shape index (κ2) is 6.23. The lowest BCUT2D eigenvalue weighted by Crippen LogP contribution is -2.52. The molecule has 0 bridgehead atoms. The van der Waals surface area contributed by atoms with Crippen LogP contribution in [0.15, 0.2) is 36.9 Å². The lowest BCUT2D eigenvalue weighted by molar-refractivity contribution is -0.116. The van der Waals surface area contributed by atoms with E-state index < -0.39 is 11.0 Å². The van der Waals surface area contributed by atoms with Gasteiger partial charge in [0.05, 0.1) is 18.8 Å². The Hall–Kier alpha value is -1.43. The molecule has 0 amide bonds. The average molecular weight is 336 g/mol. The smallest absolute Gasteiger partial charge is 0.137 e. The summed E-state index contributed by atoms with van der Waals surface area (Å²) >= 11 is 5.95. The fraction of sp³-hybridized carbons (Fsp3) is 0.529. The third-order valence-electron chi connectivity index (χ3n) is 5.38. The molecular weight excluding hydrogens is 314 g/mol. The van der Waals surface area contributed by atoms with E-state index in [-0.39, 0.29) is 12.5 Å². The molecule has 124 valence electrons. The molecule has 5 nitrogen and oxygen atoms in total. The quantitative estimate of drug-likeness (QED) is 0.879. The van der Waals surface area contributed by atoms with Crippen molar-refractivity contribution in [3.05, 3.63) is 47.5 Å². The summed E-state index contributed by atoms with van der Waals surface area (Å²) in [4.78, 5) is 3.95. The van der Waals surface area contributed by atoms with Crippen molar-refractivity contribution in [3.63, 3.8) is 0 Å². The molecule has 2 aromatic rings. The fourth-order valence-electron chi connectivity index (χ4n) is 3.71. The van der Waals surface area contributed by atoms with Gasteiger partial charge in [0.2, 0.25) is 0 Å². The van der Waals surface area contributed by atoms with Crippen LogP contribution in [0.25, 0.3) is 0 Å². The summed E-state index contributed by atoms with van der Waals surface area (Å²) in [6.07, 6.45) is 5.46. The second-order valence-electron chi connectivity index (χ2n) is 6.80. The Labute approximate surface area is 140 Å². The minimum atomic E-state index is -1.03. The van der Waals surface area contributed by atoms with Gasteiger partial charge in [0, 0.05) is 10.4 Å². The molecule has 2 N–H and O–H groups in total. The number of rotatable bonds is 5. The summed E-state index contributed by atoms with van der Waals surface area (Å²) in [5.74, 6) is 0.0463. The van der Waals surface area contributed by atoms with Gasteiger partial charge in [-0.1, -0.05) is 30.7 Å². The zero-order valence-electron chi connectivity index (χ0n) is 13.2. The van der Waals surface area contributed by atoms with Gasteiger partial charge in [-0.2, -0.15) is 5.10 Å². The number of aliphatic hydroxyl groups excluding tert-OH is 1. The third kappa shape index (κ3) is 3.01. The molecule has 6 heteroatoms. The van der Waals surface area contributed by atoms with Crippen LogP contribution in [0, 0.1) is 11.3 Å². The van der Waals surface area contributed by atoms with E-state index in [0.29, 0.717) is 11.6 Å². The van der Waals surface area contributed by atoms with Crippen LogP contribution in [0.3, 0.4) is 0 Å². The van der Waals surface area contributed by atoms with Crippen molar-refractivity contribution in [3.8, 4) is 0 Å². The molecule has 0 saturated heterocycles. The maximum Gasteiger partial charge on any atom is 0.137 e. The van der Waals surface area contributed by atoms with E-state index in [0.717, 1.165) is 24.8 Å². The van der Waals surface area contributed by atoms with Gasteiger partial charge in [-0.15, -0.1) is 0 Å². The predicted octanol–water partition coefficient (Wildman–Crippen LogP) is 2.31. The van der Waals surface area contributed by atoms with Gasteiger partial charge in [0.25, 0.3) is 0 Å². The molecule has 3 rings (SSSR count). The zero-order chi connectivity index (χ0) is 16.5. The van der Waals surface area contributed by atoms with Crippen LogP contribution in [-0.2, 0) is 13.0 Å². The van der Waals surface area contributed by atoms with Crippen molar-refractivity contribution >= 4 is 11.6 Å². The zero-order valence-corrected chi connectivity index (χ0v) is 13.9. The van der Waals surface area contributed by atoms with Crippen LogP contribution in [-0.4, -0.2) is 37.2 Å². The van der Waals surface area contributed by atoms with Crippen LogP contribution in [0.2, 0.25) is 5.02 Å². The minimum absolute atomic E-state index is 0.0463. The molecule has 1 aromatic carbocycles. The molecule has 0 aliphatic heterocycles. The second-order valence-corrected chi connectivity index (χ2v) is 7.24. The first-order valence-electron chi connectivity index (χ1n) is 7.87. The highest BCUT2D eigenvalue weighted by Crippen LogP contribution is 2.51. The normalized spacial score (nSPS) is 30.7. The topological polar surface area (TPSA) is 71.2 Å². The van der Waals surface area contributed by atoms with Gasteiger partial charge < -0.3 is 10.2 Å². The van der Waals surface area contributed by atoms with E-state index in [9.17, 15) is 10.2 Å². The van der Waals surface area contributed by atoms with Gasteiger partial charge in [0.15, 0.2) is 0 Å². The number of nitrogens with zero attached hydrogens (tertiary/aromatic N) is 3. The number of aliphatic hydroxyl groups is 2. The van der Waals surface area contributed by atoms with Crippen LogP contribution in [0.4, 0.5) is 0 Å². The Morgan fingerprint density at radius 2 is 2.09 bits per heavy atom. The molecule has 23 heavy (non-hydrogen) atoms. The van der Waals surface area contributed by atoms with Gasteiger partial charge >= 0.3 is 0 Å².